The van der Waals surface area contributed by atoms with Crippen molar-refractivity contribution in [2.45, 2.75) is 18.9 Å². The van der Waals surface area contributed by atoms with E-state index < -0.39 is 5.97 Å². The van der Waals surface area contributed by atoms with Crippen molar-refractivity contribution < 1.29 is 14.7 Å². The Kier molecular flexibility index (Phi) is 2.25. The molecule has 2 heterocycles. The van der Waals surface area contributed by atoms with Gasteiger partial charge in [0, 0.05) is 18.8 Å². The molecular formula is C9H12N2O3. The van der Waals surface area contributed by atoms with E-state index in [0.29, 0.717) is 0 Å². The molecule has 2 aliphatic rings. The largest absolute Gasteiger partial charge is 0.478 e. The van der Waals surface area contributed by atoms with Crippen molar-refractivity contribution in [1.29, 1.82) is 0 Å². The van der Waals surface area contributed by atoms with E-state index in [-0.39, 0.29) is 23.9 Å². The van der Waals surface area contributed by atoms with Crippen LogP contribution in [0.5, 0.6) is 0 Å². The van der Waals surface area contributed by atoms with E-state index in [2.05, 4.69) is 5.32 Å². The van der Waals surface area contributed by atoms with Crippen LogP contribution in [0.4, 0.5) is 0 Å². The van der Waals surface area contributed by atoms with Gasteiger partial charge < -0.3 is 15.3 Å². The predicted molar refractivity (Wildman–Crippen MR) is 48.5 cm³/mol. The van der Waals surface area contributed by atoms with Crippen molar-refractivity contribution in [3.8, 4) is 0 Å². The molecule has 2 aliphatic heterocycles. The van der Waals surface area contributed by atoms with Gasteiger partial charge in [0.2, 0.25) is 5.91 Å². The first-order chi connectivity index (χ1) is 6.68. The highest BCUT2D eigenvalue weighted by Gasteiger charge is 2.32. The summed E-state index contributed by atoms with van der Waals surface area (Å²) >= 11 is 0. The zero-order chi connectivity index (χ0) is 10.1. The second-order valence-corrected chi connectivity index (χ2v) is 3.58. The zero-order valence-corrected chi connectivity index (χ0v) is 7.69. The predicted octanol–water partition coefficient (Wildman–Crippen LogP) is -0.451. The second kappa shape index (κ2) is 3.42. The minimum Gasteiger partial charge on any atom is -0.478 e. The third-order valence-electron chi connectivity index (χ3n) is 2.63. The van der Waals surface area contributed by atoms with Crippen LogP contribution in [-0.4, -0.2) is 41.0 Å². The molecule has 2 rings (SSSR count). The van der Waals surface area contributed by atoms with E-state index in [0.717, 1.165) is 19.5 Å². The fraction of sp³-hybridized carbons (Fsp3) is 0.556. The monoisotopic (exact) mass is 196 g/mol. The minimum atomic E-state index is -0.994. The summed E-state index contributed by atoms with van der Waals surface area (Å²) in [5.74, 6) is -1.09. The summed E-state index contributed by atoms with van der Waals surface area (Å²) in [6.45, 7) is 1.65. The number of hydrogen-bond acceptors (Lipinski definition) is 3. The first kappa shape index (κ1) is 9.21. The van der Waals surface area contributed by atoms with Gasteiger partial charge >= 0.3 is 5.97 Å². The first-order valence-electron chi connectivity index (χ1n) is 4.64. The molecule has 2 N–H and O–H groups in total. The Bertz CT molecular complexity index is 305. The molecule has 14 heavy (non-hydrogen) atoms. The van der Waals surface area contributed by atoms with Gasteiger partial charge in [-0.1, -0.05) is 0 Å². The van der Waals surface area contributed by atoms with Crippen LogP contribution in [0.3, 0.4) is 0 Å². The highest BCUT2D eigenvalue weighted by atomic mass is 16.4. The van der Waals surface area contributed by atoms with Crippen LogP contribution >= 0.6 is 0 Å². The maximum atomic E-state index is 11.5. The topological polar surface area (TPSA) is 69.6 Å². The van der Waals surface area contributed by atoms with Crippen molar-refractivity contribution in [1.82, 2.24) is 10.2 Å². The van der Waals surface area contributed by atoms with Gasteiger partial charge in [0.25, 0.3) is 0 Å². The van der Waals surface area contributed by atoms with Gasteiger partial charge in [-0.25, -0.2) is 4.79 Å². The molecule has 1 atom stereocenters. The summed E-state index contributed by atoms with van der Waals surface area (Å²) in [5, 5.41) is 11.9. The van der Waals surface area contributed by atoms with E-state index in [9.17, 15) is 9.59 Å². The number of nitrogens with one attached hydrogen (secondary N) is 1. The summed E-state index contributed by atoms with van der Waals surface area (Å²) in [7, 11) is 0. The van der Waals surface area contributed by atoms with Crippen molar-refractivity contribution in [3.63, 3.8) is 0 Å². The lowest BCUT2D eigenvalue weighted by molar-refractivity contribution is -0.134. The Morgan fingerprint density at radius 1 is 1.64 bits per heavy atom. The van der Waals surface area contributed by atoms with Crippen molar-refractivity contribution in [2.24, 2.45) is 0 Å². The Morgan fingerprint density at radius 2 is 2.43 bits per heavy atom. The summed E-state index contributed by atoms with van der Waals surface area (Å²) in [6.07, 6.45) is 2.41. The highest BCUT2D eigenvalue weighted by Crippen LogP contribution is 2.21. The third-order valence-corrected chi connectivity index (χ3v) is 2.63. The average Bonchev–Trinajstić information content (AvgIpc) is 2.71. The molecular weight excluding hydrogens is 184 g/mol. The summed E-state index contributed by atoms with van der Waals surface area (Å²) < 4.78 is 0. The van der Waals surface area contributed by atoms with Crippen LogP contribution in [0.2, 0.25) is 0 Å². The van der Waals surface area contributed by atoms with Gasteiger partial charge in [0.15, 0.2) is 0 Å². The van der Waals surface area contributed by atoms with Crippen LogP contribution in [0.15, 0.2) is 11.8 Å². The van der Waals surface area contributed by atoms with Crippen molar-refractivity contribution in [3.05, 3.63) is 11.8 Å². The standard InChI is InChI=1S/C9H12N2O3/c12-8-3-6(9(13)14)5-11(8)7-1-2-10-4-7/h5,7,10H,1-4H2,(H,13,14). The lowest BCUT2D eigenvalue weighted by atomic mass is 10.2. The molecule has 0 aromatic heterocycles. The lowest BCUT2D eigenvalue weighted by Gasteiger charge is -2.20. The highest BCUT2D eigenvalue weighted by molar-refractivity contribution is 5.97. The van der Waals surface area contributed by atoms with E-state index in [1.165, 1.54) is 6.20 Å². The first-order valence-corrected chi connectivity index (χ1v) is 4.64. The molecule has 5 nitrogen and oxygen atoms in total. The van der Waals surface area contributed by atoms with Crippen LogP contribution in [-0.2, 0) is 9.59 Å². The van der Waals surface area contributed by atoms with Gasteiger partial charge in [-0.05, 0) is 13.0 Å². The summed E-state index contributed by atoms with van der Waals surface area (Å²) in [4.78, 5) is 23.7. The molecule has 0 saturated carbocycles. The molecule has 0 aromatic rings. The molecule has 1 unspecified atom stereocenters. The van der Waals surface area contributed by atoms with E-state index >= 15 is 0 Å². The van der Waals surface area contributed by atoms with Gasteiger partial charge in [0.1, 0.15) is 0 Å². The Labute approximate surface area is 81.4 Å². The molecule has 0 radical (unpaired) electrons. The third kappa shape index (κ3) is 1.50. The molecule has 1 fully saturated rings. The maximum Gasteiger partial charge on any atom is 0.333 e. The Balaban J connectivity index is 2.11. The van der Waals surface area contributed by atoms with Crippen molar-refractivity contribution in [2.75, 3.05) is 13.1 Å². The molecule has 1 amide bonds. The normalized spacial score (nSPS) is 26.9. The number of carboxylic acids is 1. The number of carbonyl (C=O) groups excluding carboxylic acids is 1. The number of aliphatic carboxylic acids is 1. The SMILES string of the molecule is O=C(O)C1=CN(C2CCNC2)C(=O)C1. The van der Waals surface area contributed by atoms with Gasteiger partial charge in [-0.15, -0.1) is 0 Å². The van der Waals surface area contributed by atoms with Crippen molar-refractivity contribution >= 4 is 11.9 Å². The number of nitrogens with zero attached hydrogens (tertiary/aromatic N) is 1. The number of carbonyl (C=O) groups is 2. The summed E-state index contributed by atoms with van der Waals surface area (Å²) in [5.41, 5.74) is 0.196. The van der Waals surface area contributed by atoms with E-state index in [1.54, 1.807) is 4.90 Å². The smallest absolute Gasteiger partial charge is 0.333 e. The quantitative estimate of drug-likeness (QED) is 0.627. The van der Waals surface area contributed by atoms with Gasteiger partial charge in [-0.3, -0.25) is 4.79 Å². The number of amides is 1. The van der Waals surface area contributed by atoms with Crippen LogP contribution < -0.4 is 5.32 Å². The molecule has 0 bridgehead atoms. The number of carboxylic acid groups (broad SMARTS) is 1. The fourth-order valence-electron chi connectivity index (χ4n) is 1.86. The Hall–Kier alpha value is -1.36. The molecule has 1 saturated heterocycles. The minimum absolute atomic E-state index is 0.0336. The van der Waals surface area contributed by atoms with Crippen LogP contribution in [0.25, 0.3) is 0 Å². The van der Waals surface area contributed by atoms with Crippen LogP contribution in [0.1, 0.15) is 12.8 Å². The number of hydrogen-bond donors (Lipinski definition) is 2. The molecule has 0 spiro atoms. The van der Waals surface area contributed by atoms with Crippen LogP contribution in [0, 0.1) is 0 Å². The molecule has 0 aromatic carbocycles. The molecule has 76 valence electrons. The lowest BCUT2D eigenvalue weighted by Crippen LogP contribution is -2.34. The van der Waals surface area contributed by atoms with E-state index in [4.69, 9.17) is 5.11 Å². The fourth-order valence-corrected chi connectivity index (χ4v) is 1.86. The molecule has 5 heteroatoms. The second-order valence-electron chi connectivity index (χ2n) is 3.58. The van der Waals surface area contributed by atoms with Gasteiger partial charge in [0.05, 0.1) is 12.0 Å². The maximum absolute atomic E-state index is 11.5. The zero-order valence-electron chi connectivity index (χ0n) is 7.69. The molecule has 0 aliphatic carbocycles. The number of rotatable bonds is 2. The summed E-state index contributed by atoms with van der Waals surface area (Å²) in [6, 6.07) is 0.138. The van der Waals surface area contributed by atoms with Gasteiger partial charge in [-0.2, -0.15) is 0 Å². The average molecular weight is 196 g/mol. The Morgan fingerprint density at radius 3 is 2.93 bits per heavy atom. The van der Waals surface area contributed by atoms with E-state index in [1.807, 2.05) is 0 Å².